The van der Waals surface area contributed by atoms with E-state index in [0.29, 0.717) is 6.04 Å². The van der Waals surface area contributed by atoms with Crippen LogP contribution in [0.25, 0.3) is 0 Å². The molecule has 17 heavy (non-hydrogen) atoms. The normalized spacial score (nSPS) is 12.6. The van der Waals surface area contributed by atoms with Crippen LogP contribution in [0.1, 0.15) is 29.0 Å². The second-order valence-electron chi connectivity index (χ2n) is 4.22. The summed E-state index contributed by atoms with van der Waals surface area (Å²) >= 11 is 7.53. The number of aryl methyl sites for hydroxylation is 1. The predicted molar refractivity (Wildman–Crippen MR) is 75.8 cm³/mol. The topological polar surface area (TPSA) is 12.0 Å². The van der Waals surface area contributed by atoms with E-state index >= 15 is 0 Å². The third-order valence-corrected chi connectivity index (χ3v) is 4.02. The average molecular weight is 266 g/mol. The van der Waals surface area contributed by atoms with Crippen molar-refractivity contribution in [3.05, 3.63) is 56.7 Å². The fraction of sp³-hybridized carbons (Fsp3) is 0.286. The van der Waals surface area contributed by atoms with Gasteiger partial charge < -0.3 is 5.32 Å². The number of rotatable bonds is 4. The lowest BCUT2D eigenvalue weighted by atomic mass is 10.1. The zero-order valence-corrected chi connectivity index (χ0v) is 11.6. The van der Waals surface area contributed by atoms with Crippen molar-refractivity contribution in [3.63, 3.8) is 0 Å². The van der Waals surface area contributed by atoms with Crippen molar-refractivity contribution in [2.24, 2.45) is 0 Å². The van der Waals surface area contributed by atoms with E-state index in [1.54, 1.807) is 11.3 Å². The first kappa shape index (κ1) is 12.6. The van der Waals surface area contributed by atoms with Crippen molar-refractivity contribution in [3.8, 4) is 0 Å². The van der Waals surface area contributed by atoms with Gasteiger partial charge in [-0.05, 0) is 31.5 Å². The van der Waals surface area contributed by atoms with Gasteiger partial charge in [0.25, 0.3) is 0 Å². The summed E-state index contributed by atoms with van der Waals surface area (Å²) in [6, 6.07) is 13.0. The van der Waals surface area contributed by atoms with Crippen LogP contribution < -0.4 is 5.32 Å². The van der Waals surface area contributed by atoms with Crippen LogP contribution in [0.4, 0.5) is 0 Å². The highest BCUT2D eigenvalue weighted by molar-refractivity contribution is 7.16. The lowest BCUT2D eigenvalue weighted by Crippen LogP contribution is -2.17. The Morgan fingerprint density at radius 1 is 1.18 bits per heavy atom. The Hall–Kier alpha value is -0.830. The van der Waals surface area contributed by atoms with Gasteiger partial charge in [-0.25, -0.2) is 0 Å². The number of halogens is 1. The van der Waals surface area contributed by atoms with Crippen LogP contribution in [0.15, 0.2) is 36.4 Å². The first-order valence-corrected chi connectivity index (χ1v) is 6.89. The van der Waals surface area contributed by atoms with E-state index in [9.17, 15) is 0 Å². The van der Waals surface area contributed by atoms with Gasteiger partial charge in [0.2, 0.25) is 0 Å². The molecule has 1 aromatic carbocycles. The molecule has 0 amide bonds. The molecular weight excluding hydrogens is 250 g/mol. The maximum atomic E-state index is 5.90. The van der Waals surface area contributed by atoms with E-state index in [2.05, 4.69) is 49.5 Å². The van der Waals surface area contributed by atoms with Crippen molar-refractivity contribution in [2.45, 2.75) is 26.4 Å². The summed E-state index contributed by atoms with van der Waals surface area (Å²) < 4.78 is 0.852. The summed E-state index contributed by atoms with van der Waals surface area (Å²) in [5.41, 5.74) is 2.62. The minimum absolute atomic E-state index is 0.358. The minimum atomic E-state index is 0.358. The quantitative estimate of drug-likeness (QED) is 0.855. The summed E-state index contributed by atoms with van der Waals surface area (Å²) in [6.45, 7) is 5.15. The molecule has 0 radical (unpaired) electrons. The second kappa shape index (κ2) is 5.67. The van der Waals surface area contributed by atoms with Crippen molar-refractivity contribution < 1.29 is 0 Å². The predicted octanol–water partition coefficient (Wildman–Crippen LogP) is 4.56. The molecule has 0 unspecified atom stereocenters. The smallest absolute Gasteiger partial charge is 0.0931 e. The Morgan fingerprint density at radius 2 is 1.88 bits per heavy atom. The molecule has 1 N–H and O–H groups in total. The van der Waals surface area contributed by atoms with Crippen LogP contribution in [-0.4, -0.2) is 0 Å². The molecule has 1 nitrogen and oxygen atoms in total. The Morgan fingerprint density at radius 3 is 2.47 bits per heavy atom. The molecule has 0 fully saturated rings. The van der Waals surface area contributed by atoms with Gasteiger partial charge in [-0.1, -0.05) is 41.4 Å². The van der Waals surface area contributed by atoms with E-state index in [1.807, 2.05) is 6.07 Å². The Balaban J connectivity index is 1.93. The van der Waals surface area contributed by atoms with Crippen molar-refractivity contribution in [2.75, 3.05) is 0 Å². The van der Waals surface area contributed by atoms with Crippen LogP contribution in [0.2, 0.25) is 4.34 Å². The van der Waals surface area contributed by atoms with Gasteiger partial charge in [-0.2, -0.15) is 0 Å². The molecule has 0 aliphatic heterocycles. The van der Waals surface area contributed by atoms with Crippen molar-refractivity contribution >= 4 is 22.9 Å². The molecule has 0 aliphatic rings. The third-order valence-electron chi connectivity index (χ3n) is 2.79. The van der Waals surface area contributed by atoms with Crippen LogP contribution in [0.3, 0.4) is 0 Å². The Bertz CT molecular complexity index is 475. The lowest BCUT2D eigenvalue weighted by molar-refractivity contribution is 0.579. The molecule has 2 rings (SSSR count). The maximum absolute atomic E-state index is 5.90. The van der Waals surface area contributed by atoms with Gasteiger partial charge in [0.15, 0.2) is 0 Å². The molecular formula is C14H16ClNS. The number of nitrogens with one attached hydrogen (secondary N) is 1. The van der Waals surface area contributed by atoms with Crippen molar-refractivity contribution in [1.82, 2.24) is 5.32 Å². The fourth-order valence-corrected chi connectivity index (χ4v) is 2.71. The van der Waals surface area contributed by atoms with E-state index in [0.717, 1.165) is 10.9 Å². The van der Waals surface area contributed by atoms with Crippen molar-refractivity contribution in [1.29, 1.82) is 0 Å². The largest absolute Gasteiger partial charge is 0.305 e. The van der Waals surface area contributed by atoms with Gasteiger partial charge in [0, 0.05) is 17.5 Å². The highest BCUT2D eigenvalue weighted by Crippen LogP contribution is 2.22. The number of benzene rings is 1. The first-order valence-electron chi connectivity index (χ1n) is 5.69. The molecule has 0 aliphatic carbocycles. The average Bonchev–Trinajstić information content (AvgIpc) is 2.73. The summed E-state index contributed by atoms with van der Waals surface area (Å²) in [6.07, 6.45) is 0. The molecule has 0 saturated heterocycles. The SMILES string of the molecule is Cc1ccc([C@@H](C)NCc2ccc(Cl)s2)cc1. The zero-order valence-electron chi connectivity index (χ0n) is 10.0. The summed E-state index contributed by atoms with van der Waals surface area (Å²) in [5.74, 6) is 0. The zero-order chi connectivity index (χ0) is 12.3. The Labute approximate surface area is 111 Å². The van der Waals surface area contributed by atoms with Gasteiger partial charge in [-0.15, -0.1) is 11.3 Å². The minimum Gasteiger partial charge on any atom is -0.305 e. The summed E-state index contributed by atoms with van der Waals surface area (Å²) in [7, 11) is 0. The molecule has 1 aromatic heterocycles. The van der Waals surface area contributed by atoms with Crippen LogP contribution in [0, 0.1) is 6.92 Å². The summed E-state index contributed by atoms with van der Waals surface area (Å²) in [4.78, 5) is 1.27. The van der Waals surface area contributed by atoms with Crippen LogP contribution in [-0.2, 0) is 6.54 Å². The van der Waals surface area contributed by atoms with Crippen LogP contribution in [0.5, 0.6) is 0 Å². The maximum Gasteiger partial charge on any atom is 0.0931 e. The van der Waals surface area contributed by atoms with E-state index in [-0.39, 0.29) is 0 Å². The molecule has 0 saturated carbocycles. The molecule has 1 atom stereocenters. The standard InChI is InChI=1S/C14H16ClNS/c1-10-3-5-12(6-4-10)11(2)16-9-13-7-8-14(15)17-13/h3-8,11,16H,9H2,1-2H3/t11-/m1/s1. The monoisotopic (exact) mass is 265 g/mol. The van der Waals surface area contributed by atoms with E-state index in [1.165, 1.54) is 16.0 Å². The molecule has 0 bridgehead atoms. The lowest BCUT2D eigenvalue weighted by Gasteiger charge is -2.13. The number of hydrogen-bond donors (Lipinski definition) is 1. The van der Waals surface area contributed by atoms with Crippen LogP contribution >= 0.6 is 22.9 Å². The van der Waals surface area contributed by atoms with Gasteiger partial charge in [0.05, 0.1) is 4.34 Å². The molecule has 1 heterocycles. The first-order chi connectivity index (χ1) is 8.15. The van der Waals surface area contributed by atoms with Gasteiger partial charge >= 0.3 is 0 Å². The molecule has 90 valence electrons. The van der Waals surface area contributed by atoms with E-state index in [4.69, 9.17) is 11.6 Å². The van der Waals surface area contributed by atoms with E-state index < -0.39 is 0 Å². The fourth-order valence-electron chi connectivity index (χ4n) is 1.67. The molecule has 2 aromatic rings. The Kier molecular flexibility index (Phi) is 4.21. The molecule has 0 spiro atoms. The third kappa shape index (κ3) is 3.56. The number of hydrogen-bond acceptors (Lipinski definition) is 2. The number of thiophene rings is 1. The van der Waals surface area contributed by atoms with Gasteiger partial charge in [0.1, 0.15) is 0 Å². The molecule has 3 heteroatoms. The highest BCUT2D eigenvalue weighted by atomic mass is 35.5. The summed E-state index contributed by atoms with van der Waals surface area (Å²) in [5, 5.41) is 3.50. The highest BCUT2D eigenvalue weighted by Gasteiger charge is 2.05. The second-order valence-corrected chi connectivity index (χ2v) is 6.02. The van der Waals surface area contributed by atoms with Gasteiger partial charge in [-0.3, -0.25) is 0 Å².